The van der Waals surface area contributed by atoms with Crippen molar-refractivity contribution in [2.45, 2.75) is 58.0 Å². The van der Waals surface area contributed by atoms with E-state index in [1.807, 2.05) is 18.2 Å². The lowest BCUT2D eigenvalue weighted by atomic mass is 9.77. The van der Waals surface area contributed by atoms with Crippen molar-refractivity contribution in [3.63, 3.8) is 0 Å². The maximum Gasteiger partial charge on any atom is 0.182 e. The van der Waals surface area contributed by atoms with Crippen LogP contribution in [0.3, 0.4) is 0 Å². The average Bonchev–Trinajstić information content (AvgIpc) is 3.40. The van der Waals surface area contributed by atoms with E-state index in [9.17, 15) is 14.6 Å². The molecule has 5 rings (SSSR count). The first-order chi connectivity index (χ1) is 14.8. The molecular formula is C25H27FN2O3. The van der Waals surface area contributed by atoms with Gasteiger partial charge in [0, 0.05) is 23.1 Å². The fourth-order valence-corrected chi connectivity index (χ4v) is 4.75. The Morgan fingerprint density at radius 3 is 2.55 bits per heavy atom. The maximum absolute atomic E-state index is 14.0. The zero-order valence-electron chi connectivity index (χ0n) is 17.9. The van der Waals surface area contributed by atoms with Gasteiger partial charge in [-0.2, -0.15) is 0 Å². The lowest BCUT2D eigenvalue weighted by Crippen LogP contribution is -2.39. The molecule has 2 unspecified atom stereocenters. The number of halogens is 1. The number of phenolic OH excluding ortho intramolecular Hbond substituents is 1. The average molecular weight is 423 g/mol. The van der Waals surface area contributed by atoms with Gasteiger partial charge in [-0.25, -0.2) is 9.37 Å². The van der Waals surface area contributed by atoms with Crippen LogP contribution in [0.2, 0.25) is 0 Å². The van der Waals surface area contributed by atoms with Crippen molar-refractivity contribution < 1.29 is 19.3 Å². The van der Waals surface area contributed by atoms with Crippen LogP contribution in [-0.2, 0) is 4.74 Å². The minimum atomic E-state index is -0.604. The Morgan fingerprint density at radius 2 is 1.90 bits per heavy atom. The van der Waals surface area contributed by atoms with Crippen LogP contribution in [0, 0.1) is 18.7 Å². The summed E-state index contributed by atoms with van der Waals surface area (Å²) in [7, 11) is 0. The zero-order chi connectivity index (χ0) is 21.9. The molecule has 2 aliphatic rings. The fourth-order valence-electron chi connectivity index (χ4n) is 4.75. The van der Waals surface area contributed by atoms with E-state index in [0.717, 1.165) is 40.7 Å². The second-order valence-corrected chi connectivity index (χ2v) is 9.13. The third kappa shape index (κ3) is 3.64. The molecule has 2 heterocycles. The summed E-state index contributed by atoms with van der Waals surface area (Å²) in [5, 5.41) is 24.1. The monoisotopic (exact) mass is 422 g/mol. The number of aliphatic hydroxyl groups is 1. The molecule has 2 aromatic carbocycles. The number of aliphatic hydroxyl groups excluding tert-OH is 1. The van der Waals surface area contributed by atoms with Crippen LogP contribution in [-0.4, -0.2) is 33.6 Å². The third-order valence-electron chi connectivity index (χ3n) is 6.51. The number of nitrogens with zero attached hydrogens (tertiary/aromatic N) is 1. The molecule has 0 amide bonds. The van der Waals surface area contributed by atoms with Gasteiger partial charge in [0.05, 0.1) is 5.52 Å². The molecule has 0 spiro atoms. The number of epoxide rings is 1. The maximum atomic E-state index is 14.0. The summed E-state index contributed by atoms with van der Waals surface area (Å²) in [5.74, 6) is 1.28. The van der Waals surface area contributed by atoms with E-state index in [1.165, 1.54) is 6.07 Å². The van der Waals surface area contributed by atoms with Crippen molar-refractivity contribution in [2.24, 2.45) is 5.92 Å². The number of pyridine rings is 1. The van der Waals surface area contributed by atoms with E-state index >= 15 is 0 Å². The largest absolute Gasteiger partial charge is 0.508 e. The Labute approximate surface area is 180 Å². The number of fused-ring (bicyclic) bond motifs is 1. The fraction of sp³-hybridized carbons (Fsp3) is 0.400. The molecule has 3 N–H and O–H groups in total. The Morgan fingerprint density at radius 1 is 1.16 bits per heavy atom. The van der Waals surface area contributed by atoms with E-state index in [1.54, 1.807) is 19.1 Å². The topological polar surface area (TPSA) is 77.9 Å². The number of hydrogen-bond acceptors (Lipinski definition) is 5. The van der Waals surface area contributed by atoms with E-state index in [-0.39, 0.29) is 29.6 Å². The SMILES string of the molecule is Cc1cc(-c2c(C(C)C)c(NC3CC(C4OC4O)C3)nc3cc(O)ccc23)ccc1F. The molecule has 5 nitrogen and oxygen atoms in total. The van der Waals surface area contributed by atoms with Gasteiger partial charge in [-0.05, 0) is 72.6 Å². The number of hydrogen-bond donors (Lipinski definition) is 3. The Kier molecular flexibility index (Phi) is 4.87. The molecule has 1 aliphatic heterocycles. The summed E-state index contributed by atoms with van der Waals surface area (Å²) in [4.78, 5) is 4.88. The standard InChI is InChI=1S/C25H27FN2O3/c1-12(2)21-22(14-4-7-19(26)13(3)8-14)18-6-5-17(29)11-20(18)28-24(21)27-16-9-15(10-16)23-25(30)31-23/h4-8,11-12,15-16,23,25,29-30H,9-10H2,1-3H3,(H,27,28). The summed E-state index contributed by atoms with van der Waals surface area (Å²) >= 11 is 0. The molecule has 2 fully saturated rings. The summed E-state index contributed by atoms with van der Waals surface area (Å²) in [6.07, 6.45) is 1.21. The molecule has 0 bridgehead atoms. The number of nitrogens with one attached hydrogen (secondary N) is 1. The Bertz CT molecular complexity index is 1160. The normalized spacial score (nSPS) is 25.0. The van der Waals surface area contributed by atoms with Crippen LogP contribution in [0.4, 0.5) is 10.2 Å². The number of aromatic nitrogens is 1. The van der Waals surface area contributed by atoms with E-state index < -0.39 is 6.29 Å². The van der Waals surface area contributed by atoms with Crippen molar-refractivity contribution in [2.75, 3.05) is 5.32 Å². The predicted octanol–water partition coefficient (Wildman–Crippen LogP) is 5.09. The number of benzene rings is 2. The molecule has 1 saturated carbocycles. The number of anilines is 1. The third-order valence-corrected chi connectivity index (χ3v) is 6.51. The molecule has 162 valence electrons. The van der Waals surface area contributed by atoms with Crippen molar-refractivity contribution in [1.82, 2.24) is 4.98 Å². The number of phenols is 1. The van der Waals surface area contributed by atoms with Gasteiger partial charge in [0.1, 0.15) is 23.5 Å². The number of ether oxygens (including phenoxy) is 1. The molecule has 1 saturated heterocycles. The first-order valence-electron chi connectivity index (χ1n) is 10.8. The molecule has 2 atom stereocenters. The van der Waals surface area contributed by atoms with Crippen molar-refractivity contribution in [1.29, 1.82) is 0 Å². The molecular weight excluding hydrogens is 395 g/mol. The highest BCUT2D eigenvalue weighted by Crippen LogP contribution is 2.44. The quantitative estimate of drug-likeness (QED) is 0.500. The van der Waals surface area contributed by atoms with Crippen LogP contribution in [0.5, 0.6) is 5.75 Å². The Balaban J connectivity index is 1.61. The predicted molar refractivity (Wildman–Crippen MR) is 119 cm³/mol. The van der Waals surface area contributed by atoms with Crippen LogP contribution in [0.15, 0.2) is 36.4 Å². The summed E-state index contributed by atoms with van der Waals surface area (Å²) in [5.41, 5.74) is 4.32. The summed E-state index contributed by atoms with van der Waals surface area (Å²) in [6, 6.07) is 10.7. The first kappa shape index (κ1) is 20.2. The number of aryl methyl sites for hydroxylation is 1. The number of rotatable bonds is 5. The smallest absolute Gasteiger partial charge is 0.182 e. The van der Waals surface area contributed by atoms with E-state index in [0.29, 0.717) is 17.0 Å². The van der Waals surface area contributed by atoms with Gasteiger partial charge in [-0.1, -0.05) is 19.9 Å². The van der Waals surface area contributed by atoms with Gasteiger partial charge in [0.25, 0.3) is 0 Å². The minimum Gasteiger partial charge on any atom is -0.508 e. The van der Waals surface area contributed by atoms with E-state index in [2.05, 4.69) is 19.2 Å². The second-order valence-electron chi connectivity index (χ2n) is 9.13. The summed E-state index contributed by atoms with van der Waals surface area (Å²) < 4.78 is 19.2. The lowest BCUT2D eigenvalue weighted by molar-refractivity contribution is 0.154. The van der Waals surface area contributed by atoms with Gasteiger partial charge in [0.2, 0.25) is 0 Å². The zero-order valence-corrected chi connectivity index (χ0v) is 17.9. The lowest BCUT2D eigenvalue weighted by Gasteiger charge is -2.36. The van der Waals surface area contributed by atoms with Crippen molar-refractivity contribution >= 4 is 16.7 Å². The molecule has 1 aromatic heterocycles. The van der Waals surface area contributed by atoms with Crippen LogP contribution in [0.25, 0.3) is 22.0 Å². The van der Waals surface area contributed by atoms with Crippen LogP contribution in [0.1, 0.15) is 43.7 Å². The van der Waals surface area contributed by atoms with Gasteiger partial charge in [-0.15, -0.1) is 0 Å². The van der Waals surface area contributed by atoms with Gasteiger partial charge >= 0.3 is 0 Å². The molecule has 3 aromatic rings. The first-order valence-corrected chi connectivity index (χ1v) is 10.8. The van der Waals surface area contributed by atoms with Crippen molar-refractivity contribution in [3.8, 4) is 16.9 Å². The van der Waals surface area contributed by atoms with Gasteiger partial charge < -0.3 is 20.3 Å². The molecule has 6 heteroatoms. The van der Waals surface area contributed by atoms with E-state index in [4.69, 9.17) is 9.72 Å². The minimum absolute atomic E-state index is 0.0260. The molecule has 31 heavy (non-hydrogen) atoms. The Hall–Kier alpha value is -2.70. The number of aromatic hydroxyl groups is 1. The molecule has 0 radical (unpaired) electrons. The molecule has 1 aliphatic carbocycles. The van der Waals surface area contributed by atoms with Crippen LogP contribution >= 0.6 is 0 Å². The highest BCUT2D eigenvalue weighted by Gasteiger charge is 2.49. The highest BCUT2D eigenvalue weighted by molar-refractivity contribution is 5.99. The summed E-state index contributed by atoms with van der Waals surface area (Å²) in [6.45, 7) is 6.03. The van der Waals surface area contributed by atoms with Gasteiger partial charge in [0.15, 0.2) is 6.29 Å². The van der Waals surface area contributed by atoms with Crippen LogP contribution < -0.4 is 5.32 Å². The second kappa shape index (κ2) is 7.46. The highest BCUT2D eigenvalue weighted by atomic mass is 19.1. The van der Waals surface area contributed by atoms with Gasteiger partial charge in [-0.3, -0.25) is 0 Å². The van der Waals surface area contributed by atoms with Crippen molar-refractivity contribution in [3.05, 3.63) is 53.3 Å².